The van der Waals surface area contributed by atoms with Gasteiger partial charge >= 0.3 is 0 Å². The molecule has 0 radical (unpaired) electrons. The molecular formula is C40H83NO. The number of hydrogen-bond acceptors (Lipinski definition) is 2. The largest absolute Gasteiger partial charge is 0.396 e. The number of rotatable bonds is 38. The van der Waals surface area contributed by atoms with E-state index in [1.54, 1.807) is 0 Å². The topological polar surface area (TPSA) is 23.5 Å². The molecule has 0 aliphatic carbocycles. The molecule has 0 saturated carbocycles. The molecule has 0 saturated heterocycles. The van der Waals surface area contributed by atoms with E-state index in [2.05, 4.69) is 13.8 Å². The van der Waals surface area contributed by atoms with Crippen molar-refractivity contribution < 1.29 is 10.6 Å². The minimum Gasteiger partial charge on any atom is -0.396 e. The normalized spacial score (nSPS) is 13.8. The Morgan fingerprint density at radius 3 is 0.810 bits per heavy atom. The highest BCUT2D eigenvalue weighted by molar-refractivity contribution is 4.60. The first-order valence-electron chi connectivity index (χ1n) is 21.7. The maximum absolute atomic E-state index is 9.56. The Bertz CT molecular complexity index is 562. The van der Waals surface area contributed by atoms with Gasteiger partial charge in [0, 0.05) is 9.30 Å². The molecule has 0 bridgehead atoms. The fraction of sp³-hybridized carbons (Fsp3) is 1.00. The van der Waals surface area contributed by atoms with Gasteiger partial charge in [0.2, 0.25) is 0 Å². The van der Waals surface area contributed by atoms with Gasteiger partial charge in [-0.05, 0) is 45.3 Å². The van der Waals surface area contributed by atoms with Gasteiger partial charge in [-0.1, -0.05) is 206 Å². The fourth-order valence-electron chi connectivity index (χ4n) is 6.24. The Labute approximate surface area is 273 Å². The number of unbranched alkanes of at least 4 members (excludes halogenated alkanes) is 30. The zero-order valence-corrected chi connectivity index (χ0v) is 29.4. The summed E-state index contributed by atoms with van der Waals surface area (Å²) in [6.07, 6.45) is 42.6. The van der Waals surface area contributed by atoms with Crippen molar-refractivity contribution in [3.63, 3.8) is 0 Å². The Morgan fingerprint density at radius 2 is 0.571 bits per heavy atom. The molecule has 0 aromatic rings. The molecule has 0 aromatic heterocycles. The van der Waals surface area contributed by atoms with Crippen molar-refractivity contribution in [3.8, 4) is 0 Å². The number of aliphatic hydroxyl groups is 1. The summed E-state index contributed by atoms with van der Waals surface area (Å²) < 4.78 is 32.2. The lowest BCUT2D eigenvalue weighted by Gasteiger charge is -2.22. The third-order valence-corrected chi connectivity index (χ3v) is 9.14. The Balaban J connectivity index is 3.97. The molecule has 0 aliphatic heterocycles. The van der Waals surface area contributed by atoms with Crippen LogP contribution in [0.1, 0.15) is 238 Å². The van der Waals surface area contributed by atoms with E-state index in [9.17, 15) is 5.11 Å². The van der Waals surface area contributed by atoms with Crippen molar-refractivity contribution >= 4 is 0 Å². The van der Waals surface area contributed by atoms with Crippen LogP contribution in [0, 0.1) is 0 Å². The summed E-state index contributed by atoms with van der Waals surface area (Å²) in [6.45, 7) is 2.16. The summed E-state index contributed by atoms with van der Waals surface area (Å²) in [7, 11) is 0. The second-order valence-corrected chi connectivity index (χ2v) is 13.4. The molecule has 254 valence electrons. The molecule has 0 rings (SSSR count). The molecule has 0 amide bonds. The second kappa shape index (κ2) is 38.9. The Hall–Kier alpha value is -0.0800. The van der Waals surface area contributed by atoms with E-state index in [1.165, 1.54) is 180 Å². The van der Waals surface area contributed by atoms with Gasteiger partial charge in [-0.3, -0.25) is 0 Å². The van der Waals surface area contributed by atoms with Crippen LogP contribution in [0.25, 0.3) is 0 Å². The highest BCUT2D eigenvalue weighted by Gasteiger charge is 2.05. The first-order valence-corrected chi connectivity index (χ1v) is 19.7. The quantitative estimate of drug-likeness (QED) is 0.0715. The van der Waals surface area contributed by atoms with Crippen molar-refractivity contribution in [3.05, 3.63) is 0 Å². The van der Waals surface area contributed by atoms with Crippen LogP contribution in [0.15, 0.2) is 0 Å². The third-order valence-electron chi connectivity index (χ3n) is 9.14. The Kier molecular flexibility index (Phi) is 32.3. The average molecular weight is 598 g/mol. The van der Waals surface area contributed by atoms with Crippen LogP contribution < -0.4 is 0 Å². The van der Waals surface area contributed by atoms with Gasteiger partial charge in [0.25, 0.3) is 0 Å². The summed E-state index contributed by atoms with van der Waals surface area (Å²) in [4.78, 5) is 1.95. The van der Waals surface area contributed by atoms with Crippen LogP contribution in [0.5, 0.6) is 0 Å². The molecule has 2 heteroatoms. The molecule has 0 aliphatic rings. The highest BCUT2D eigenvalue weighted by Crippen LogP contribution is 2.16. The van der Waals surface area contributed by atoms with Crippen molar-refractivity contribution in [2.24, 2.45) is 0 Å². The smallest absolute Gasteiger partial charge is 0.0564 e. The van der Waals surface area contributed by atoms with E-state index < -0.39 is 13.1 Å². The van der Waals surface area contributed by atoms with Crippen molar-refractivity contribution in [2.75, 3.05) is 26.1 Å². The van der Waals surface area contributed by atoms with Crippen LogP contribution >= 0.6 is 0 Å². The maximum atomic E-state index is 9.56. The van der Waals surface area contributed by atoms with Gasteiger partial charge in [0.1, 0.15) is 0 Å². The first-order chi connectivity index (χ1) is 22.2. The standard InChI is InChI=1S/C40H83NO/c1-3-5-7-9-11-13-15-17-19-21-23-25-27-29-31-33-37-41(39-35-36-40-42)38-34-32-30-28-26-24-22-20-18-16-14-12-10-8-6-4-2/h42H,3-40H2,1-2H3/i39D2,40D2. The van der Waals surface area contributed by atoms with E-state index in [1.807, 2.05) is 4.90 Å². The Morgan fingerprint density at radius 1 is 0.333 bits per heavy atom. The molecule has 2 nitrogen and oxygen atoms in total. The van der Waals surface area contributed by atoms with Crippen molar-refractivity contribution in [2.45, 2.75) is 232 Å². The first kappa shape index (κ1) is 34.8. The van der Waals surface area contributed by atoms with Gasteiger partial charge < -0.3 is 10.0 Å². The van der Waals surface area contributed by atoms with Crippen LogP contribution in [0.2, 0.25) is 0 Å². The van der Waals surface area contributed by atoms with E-state index in [-0.39, 0.29) is 12.8 Å². The van der Waals surface area contributed by atoms with Gasteiger partial charge in [0.05, 0.1) is 2.74 Å². The summed E-state index contributed by atoms with van der Waals surface area (Å²) in [5.41, 5.74) is 0. The SMILES string of the molecule is [2H]C([2H])(O)CCC([2H])([2H])N(CCCCCCCCCCCCCCCCCC)CCCCCCCCCCCCCCCCCC. The molecule has 0 aromatic carbocycles. The van der Waals surface area contributed by atoms with E-state index in [0.717, 1.165) is 38.8 Å². The van der Waals surface area contributed by atoms with Crippen LogP contribution in [-0.4, -0.2) is 36.2 Å². The molecular weight excluding hydrogens is 510 g/mol. The van der Waals surface area contributed by atoms with Gasteiger partial charge in [-0.2, -0.15) is 0 Å². The number of nitrogens with zero attached hydrogens (tertiary/aromatic N) is 1. The molecule has 0 atom stereocenters. The van der Waals surface area contributed by atoms with Crippen LogP contribution in [0.3, 0.4) is 0 Å². The van der Waals surface area contributed by atoms with Crippen LogP contribution in [-0.2, 0) is 0 Å². The average Bonchev–Trinajstić information content (AvgIpc) is 3.02. The van der Waals surface area contributed by atoms with Crippen molar-refractivity contribution in [1.82, 2.24) is 4.90 Å². The predicted molar refractivity (Wildman–Crippen MR) is 192 cm³/mol. The summed E-state index contributed by atoms with van der Waals surface area (Å²) >= 11 is 0. The molecule has 0 unspecified atom stereocenters. The summed E-state index contributed by atoms with van der Waals surface area (Å²) in [6, 6.07) is 0. The maximum Gasteiger partial charge on any atom is 0.0564 e. The summed E-state index contributed by atoms with van der Waals surface area (Å²) in [5, 5.41) is 9.56. The lowest BCUT2D eigenvalue weighted by atomic mass is 10.0. The van der Waals surface area contributed by atoms with E-state index >= 15 is 0 Å². The summed E-state index contributed by atoms with van der Waals surface area (Å²) in [5.74, 6) is 0. The minimum atomic E-state index is -2.30. The van der Waals surface area contributed by atoms with Gasteiger partial charge in [-0.25, -0.2) is 0 Å². The predicted octanol–water partition coefficient (Wildman–Crippen LogP) is 13.6. The molecule has 0 spiro atoms. The molecule has 1 N–H and O–H groups in total. The van der Waals surface area contributed by atoms with Gasteiger partial charge in [-0.15, -0.1) is 0 Å². The monoisotopic (exact) mass is 598 g/mol. The molecule has 0 heterocycles. The highest BCUT2D eigenvalue weighted by atomic mass is 16.2. The van der Waals surface area contributed by atoms with Crippen LogP contribution in [0.4, 0.5) is 0 Å². The minimum absolute atomic E-state index is 0.0359. The third kappa shape index (κ3) is 36.1. The zero-order valence-electron chi connectivity index (χ0n) is 33.4. The fourth-order valence-corrected chi connectivity index (χ4v) is 6.24. The second-order valence-electron chi connectivity index (χ2n) is 13.4. The molecule has 0 fully saturated rings. The number of hydrogen-bond donors (Lipinski definition) is 1. The van der Waals surface area contributed by atoms with E-state index in [4.69, 9.17) is 5.48 Å². The lowest BCUT2D eigenvalue weighted by Crippen LogP contribution is -2.27. The lowest BCUT2D eigenvalue weighted by molar-refractivity contribution is 0.234. The van der Waals surface area contributed by atoms with Crippen molar-refractivity contribution in [1.29, 1.82) is 0 Å². The van der Waals surface area contributed by atoms with Gasteiger partial charge in [0.15, 0.2) is 0 Å². The molecule has 42 heavy (non-hydrogen) atoms. The zero-order chi connectivity index (χ0) is 34.0. The van der Waals surface area contributed by atoms with E-state index in [0.29, 0.717) is 0 Å².